The fourth-order valence-electron chi connectivity index (χ4n) is 5.44. The van der Waals surface area contributed by atoms with Gasteiger partial charge in [-0.3, -0.25) is 19.3 Å². The molecule has 3 amide bonds. The molecule has 0 spiro atoms. The van der Waals surface area contributed by atoms with Crippen molar-refractivity contribution >= 4 is 40.0 Å². The minimum absolute atomic E-state index is 0.0639. The van der Waals surface area contributed by atoms with Crippen molar-refractivity contribution in [1.29, 1.82) is 0 Å². The van der Waals surface area contributed by atoms with E-state index in [4.69, 9.17) is 4.74 Å². The lowest BCUT2D eigenvalue weighted by atomic mass is 9.93. The third-order valence-electron chi connectivity index (χ3n) is 7.20. The fourth-order valence-corrected chi connectivity index (χ4v) is 5.44. The Morgan fingerprint density at radius 1 is 1.11 bits per heavy atom. The third kappa shape index (κ3) is 3.88. The quantitative estimate of drug-likeness (QED) is 0.558. The molecule has 1 aliphatic heterocycles. The number of hydrogen-bond acceptors (Lipinski definition) is 4. The van der Waals surface area contributed by atoms with Gasteiger partial charge in [-0.2, -0.15) is 0 Å². The first kappa shape index (κ1) is 23.8. The molecule has 3 aromatic rings. The van der Waals surface area contributed by atoms with Crippen LogP contribution in [0, 0.1) is 5.82 Å². The largest absolute Gasteiger partial charge is 0.497 e. The Morgan fingerprint density at radius 2 is 1.81 bits per heavy atom. The normalized spacial score (nSPS) is 19.9. The first-order valence-electron chi connectivity index (χ1n) is 12.1. The van der Waals surface area contributed by atoms with Gasteiger partial charge >= 0.3 is 0 Å². The van der Waals surface area contributed by atoms with Gasteiger partial charge in [-0.15, -0.1) is 0 Å². The summed E-state index contributed by atoms with van der Waals surface area (Å²) >= 11 is 0. The molecule has 9 heteroatoms. The van der Waals surface area contributed by atoms with Crippen molar-refractivity contribution in [3.8, 4) is 5.75 Å². The maximum Gasteiger partial charge on any atom is 0.278 e. The zero-order valence-electron chi connectivity index (χ0n) is 20.6. The number of halogens is 1. The van der Waals surface area contributed by atoms with E-state index in [-0.39, 0.29) is 35.8 Å². The molecule has 2 heterocycles. The Bertz CT molecular complexity index is 1360. The van der Waals surface area contributed by atoms with E-state index >= 15 is 0 Å². The molecular weight excluding hydrogens is 463 g/mol. The molecule has 2 N–H and O–H groups in total. The summed E-state index contributed by atoms with van der Waals surface area (Å²) in [5.41, 5.74) is 0.236. The maximum atomic E-state index is 14.2. The van der Waals surface area contributed by atoms with E-state index in [1.54, 1.807) is 48.9 Å². The lowest BCUT2D eigenvalue weighted by molar-refractivity contribution is -0.127. The number of hydrogen-bond donors (Lipinski definition) is 2. The molecule has 1 saturated carbocycles. The van der Waals surface area contributed by atoms with Crippen LogP contribution in [0.5, 0.6) is 5.75 Å². The number of carbonyl (C=O) groups excluding carboxylic acids is 3. The topological polar surface area (TPSA) is 92.7 Å². The number of aromatic nitrogens is 1. The van der Waals surface area contributed by atoms with Gasteiger partial charge in [-0.1, -0.05) is 12.8 Å². The van der Waals surface area contributed by atoms with E-state index in [9.17, 15) is 18.8 Å². The first-order chi connectivity index (χ1) is 17.2. The van der Waals surface area contributed by atoms with Crippen LogP contribution in [0.2, 0.25) is 0 Å². The molecule has 188 valence electrons. The molecule has 2 aromatic carbocycles. The Balaban J connectivity index is 1.70. The molecule has 0 radical (unpaired) electrons. The van der Waals surface area contributed by atoms with Gasteiger partial charge in [-0.05, 0) is 62.2 Å². The van der Waals surface area contributed by atoms with Crippen molar-refractivity contribution < 1.29 is 23.5 Å². The van der Waals surface area contributed by atoms with Crippen LogP contribution in [0.1, 0.15) is 50.0 Å². The number of rotatable bonds is 5. The molecule has 5 rings (SSSR count). The Labute approximate surface area is 208 Å². The number of methoxy groups -OCH3 is 1. The van der Waals surface area contributed by atoms with Gasteiger partial charge in [0.2, 0.25) is 11.8 Å². The zero-order valence-corrected chi connectivity index (χ0v) is 20.6. The smallest absolute Gasteiger partial charge is 0.278 e. The van der Waals surface area contributed by atoms with Crippen molar-refractivity contribution in [3.05, 3.63) is 54.0 Å². The Kier molecular flexibility index (Phi) is 5.94. The summed E-state index contributed by atoms with van der Waals surface area (Å²) in [4.78, 5) is 41.6. The number of carbonyl (C=O) groups is 3. The van der Waals surface area contributed by atoms with Gasteiger partial charge in [0.25, 0.3) is 5.91 Å². The summed E-state index contributed by atoms with van der Waals surface area (Å²) in [6.07, 6.45) is 3.92. The highest BCUT2D eigenvalue weighted by Gasteiger charge is 2.50. The molecule has 0 saturated heterocycles. The highest BCUT2D eigenvalue weighted by molar-refractivity contribution is 6.20. The van der Waals surface area contributed by atoms with Gasteiger partial charge in [0.1, 0.15) is 22.8 Å². The van der Waals surface area contributed by atoms with Crippen molar-refractivity contribution in [3.63, 3.8) is 0 Å². The molecule has 1 atom stereocenters. The number of benzene rings is 2. The molecule has 8 nitrogen and oxygen atoms in total. The highest BCUT2D eigenvalue weighted by Crippen LogP contribution is 2.41. The monoisotopic (exact) mass is 492 g/mol. The van der Waals surface area contributed by atoms with Gasteiger partial charge in [0, 0.05) is 24.0 Å². The molecule has 36 heavy (non-hydrogen) atoms. The summed E-state index contributed by atoms with van der Waals surface area (Å²) in [5.74, 6) is -0.974. The second-order valence-corrected chi connectivity index (χ2v) is 9.72. The van der Waals surface area contributed by atoms with E-state index < -0.39 is 17.3 Å². The van der Waals surface area contributed by atoms with E-state index in [0.717, 1.165) is 25.7 Å². The van der Waals surface area contributed by atoms with E-state index in [0.29, 0.717) is 22.3 Å². The van der Waals surface area contributed by atoms with Crippen LogP contribution in [0.3, 0.4) is 0 Å². The van der Waals surface area contributed by atoms with Crippen LogP contribution in [-0.4, -0.2) is 41.0 Å². The van der Waals surface area contributed by atoms with Crippen LogP contribution in [0.25, 0.3) is 10.9 Å². The highest BCUT2D eigenvalue weighted by atomic mass is 19.1. The predicted molar refractivity (Wildman–Crippen MR) is 135 cm³/mol. The second-order valence-electron chi connectivity index (χ2n) is 9.72. The second kappa shape index (κ2) is 8.96. The van der Waals surface area contributed by atoms with Gasteiger partial charge in [0.05, 0.1) is 24.9 Å². The number of anilines is 2. The SMILES string of the molecule is COc1ccc(N2C(=O)c3c(NC(C)=O)c4cc(F)ccc4n3C[C@]2(C)C(=O)NC2CCCC2)cc1. The van der Waals surface area contributed by atoms with Crippen LogP contribution in [0.15, 0.2) is 42.5 Å². The molecule has 1 aromatic heterocycles. The molecular formula is C27H29FN4O4. The van der Waals surface area contributed by atoms with E-state index in [2.05, 4.69) is 10.6 Å². The minimum Gasteiger partial charge on any atom is -0.497 e. The Hall–Kier alpha value is -3.88. The molecule has 1 fully saturated rings. The molecule has 0 bridgehead atoms. The summed E-state index contributed by atoms with van der Waals surface area (Å²) in [6.45, 7) is 3.21. The van der Waals surface area contributed by atoms with Crippen LogP contribution in [-0.2, 0) is 16.1 Å². The number of nitrogens with zero attached hydrogens (tertiary/aromatic N) is 2. The van der Waals surface area contributed by atoms with Gasteiger partial charge in [-0.25, -0.2) is 4.39 Å². The predicted octanol–water partition coefficient (Wildman–Crippen LogP) is 4.23. The van der Waals surface area contributed by atoms with Gasteiger partial charge < -0.3 is 19.9 Å². The number of fused-ring (bicyclic) bond motifs is 3. The third-order valence-corrected chi connectivity index (χ3v) is 7.20. The van der Waals surface area contributed by atoms with Crippen LogP contribution >= 0.6 is 0 Å². The maximum absolute atomic E-state index is 14.2. The van der Waals surface area contributed by atoms with Crippen molar-refractivity contribution in [2.45, 2.75) is 57.7 Å². The van der Waals surface area contributed by atoms with E-state index in [1.165, 1.54) is 24.0 Å². The van der Waals surface area contributed by atoms with Crippen molar-refractivity contribution in [1.82, 2.24) is 9.88 Å². The summed E-state index contributed by atoms with van der Waals surface area (Å²) < 4.78 is 21.2. The molecule has 2 aliphatic rings. The van der Waals surface area contributed by atoms with Crippen LogP contribution < -0.4 is 20.3 Å². The molecule has 0 unspecified atom stereocenters. The Morgan fingerprint density at radius 3 is 2.44 bits per heavy atom. The lowest BCUT2D eigenvalue weighted by Gasteiger charge is -2.44. The summed E-state index contributed by atoms with van der Waals surface area (Å²) in [7, 11) is 1.55. The number of nitrogens with one attached hydrogen (secondary N) is 2. The number of amides is 3. The average molecular weight is 493 g/mol. The minimum atomic E-state index is -1.28. The standard InChI is InChI=1S/C27H29FN4O4/c1-16(33)29-23-21-14-17(28)8-13-22(21)31-15-27(2,26(35)30-18-6-4-5-7-18)32(25(34)24(23)31)19-9-11-20(36-3)12-10-19/h8-14,18H,4-7,15H2,1-3H3,(H,29,33)(H,30,35)/t27-/m1/s1. The zero-order chi connectivity index (χ0) is 25.6. The van der Waals surface area contributed by atoms with Crippen LogP contribution in [0.4, 0.5) is 15.8 Å². The number of ether oxygens (including phenoxy) is 1. The van der Waals surface area contributed by atoms with Crippen molar-refractivity contribution in [2.24, 2.45) is 0 Å². The lowest BCUT2D eigenvalue weighted by Crippen LogP contribution is -2.65. The van der Waals surface area contributed by atoms with Crippen molar-refractivity contribution in [2.75, 3.05) is 17.3 Å². The molecule has 1 aliphatic carbocycles. The first-order valence-corrected chi connectivity index (χ1v) is 12.1. The average Bonchev–Trinajstić information content (AvgIpc) is 3.45. The van der Waals surface area contributed by atoms with Gasteiger partial charge in [0.15, 0.2) is 0 Å². The van der Waals surface area contributed by atoms with E-state index in [1.807, 2.05) is 0 Å². The summed E-state index contributed by atoms with van der Waals surface area (Å²) in [5, 5.41) is 6.29. The summed E-state index contributed by atoms with van der Waals surface area (Å²) in [6, 6.07) is 11.2. The fraction of sp³-hybridized carbons (Fsp3) is 0.370.